The van der Waals surface area contributed by atoms with Gasteiger partial charge < -0.3 is 9.52 Å². The van der Waals surface area contributed by atoms with Gasteiger partial charge >= 0.3 is 0 Å². The Morgan fingerprint density at radius 1 is 1.50 bits per heavy atom. The van der Waals surface area contributed by atoms with Gasteiger partial charge in [0.1, 0.15) is 11.5 Å². The molecular formula is C13H21NO2. The molecule has 1 heterocycles. The van der Waals surface area contributed by atoms with Crippen molar-refractivity contribution >= 4 is 0 Å². The fourth-order valence-corrected chi connectivity index (χ4v) is 2.30. The van der Waals surface area contributed by atoms with Crippen molar-refractivity contribution in [1.29, 1.82) is 0 Å². The van der Waals surface area contributed by atoms with E-state index >= 15 is 0 Å². The Bertz CT molecular complexity index is 336. The topological polar surface area (TPSA) is 45.4 Å². The number of hydrogen-bond acceptors (Lipinski definition) is 3. The average molecular weight is 223 g/mol. The second kappa shape index (κ2) is 4.60. The molecule has 2 N–H and O–H groups in total. The highest BCUT2D eigenvalue weighted by Gasteiger charge is 2.37. The lowest BCUT2D eigenvalue weighted by molar-refractivity contribution is 0.0756. The molecule has 0 aromatic carbocycles. The molecule has 0 bridgehead atoms. The number of aliphatic hydroxyl groups excluding tert-OH is 1. The number of rotatable bonds is 5. The van der Waals surface area contributed by atoms with Crippen molar-refractivity contribution < 1.29 is 9.52 Å². The van der Waals surface area contributed by atoms with Gasteiger partial charge in [-0.3, -0.25) is 5.32 Å². The zero-order valence-corrected chi connectivity index (χ0v) is 10.1. The predicted molar refractivity (Wildman–Crippen MR) is 63.3 cm³/mol. The van der Waals surface area contributed by atoms with Crippen LogP contribution in [0.5, 0.6) is 0 Å². The molecule has 90 valence electrons. The zero-order chi connectivity index (χ0) is 11.6. The minimum absolute atomic E-state index is 0.0570. The number of furan rings is 1. The smallest absolute Gasteiger partial charge is 0.120 e. The largest absolute Gasteiger partial charge is 0.464 e. The Hall–Kier alpha value is -0.800. The Morgan fingerprint density at radius 2 is 2.25 bits per heavy atom. The van der Waals surface area contributed by atoms with Gasteiger partial charge in [0.05, 0.1) is 12.6 Å². The van der Waals surface area contributed by atoms with Gasteiger partial charge in [-0.2, -0.15) is 0 Å². The first-order valence-corrected chi connectivity index (χ1v) is 6.16. The van der Waals surface area contributed by atoms with Crippen LogP contribution in [0, 0.1) is 0 Å². The minimum Gasteiger partial charge on any atom is -0.464 e. The Kier molecular flexibility index (Phi) is 3.36. The summed E-state index contributed by atoms with van der Waals surface area (Å²) in [6.45, 7) is 4.40. The van der Waals surface area contributed by atoms with E-state index < -0.39 is 0 Å². The number of hydrogen-bond donors (Lipinski definition) is 2. The van der Waals surface area contributed by atoms with Gasteiger partial charge in [0, 0.05) is 12.0 Å². The second-order valence-electron chi connectivity index (χ2n) is 4.82. The summed E-state index contributed by atoms with van der Waals surface area (Å²) >= 11 is 0. The summed E-state index contributed by atoms with van der Waals surface area (Å²) in [6, 6.07) is 4.23. The molecule has 1 aromatic rings. The molecule has 2 rings (SSSR count). The zero-order valence-electron chi connectivity index (χ0n) is 10.1. The molecule has 1 aliphatic rings. The fraction of sp³-hybridized carbons (Fsp3) is 0.692. The molecule has 0 radical (unpaired) electrons. The van der Waals surface area contributed by atoms with Gasteiger partial charge in [-0.15, -0.1) is 0 Å². The maximum Gasteiger partial charge on any atom is 0.120 e. The molecule has 3 heteroatoms. The lowest BCUT2D eigenvalue weighted by Crippen LogP contribution is -2.54. The number of nitrogens with one attached hydrogen (secondary N) is 1. The first kappa shape index (κ1) is 11.7. The normalized spacial score (nSPS) is 20.4. The van der Waals surface area contributed by atoms with E-state index in [4.69, 9.17) is 4.42 Å². The Labute approximate surface area is 96.8 Å². The number of aryl methyl sites for hydroxylation is 1. The summed E-state index contributed by atoms with van der Waals surface area (Å²) in [6.07, 6.45) is 4.26. The molecule has 1 aliphatic carbocycles. The minimum atomic E-state index is -0.0570. The van der Waals surface area contributed by atoms with Gasteiger partial charge in [0.15, 0.2) is 0 Å². The lowest BCUT2D eigenvalue weighted by Gasteiger charge is -2.42. The highest BCUT2D eigenvalue weighted by atomic mass is 16.3. The van der Waals surface area contributed by atoms with Crippen molar-refractivity contribution in [2.24, 2.45) is 0 Å². The van der Waals surface area contributed by atoms with Gasteiger partial charge in [-0.05, 0) is 38.3 Å². The third kappa shape index (κ3) is 2.15. The molecule has 0 amide bonds. The van der Waals surface area contributed by atoms with Crippen LogP contribution >= 0.6 is 0 Å². The van der Waals surface area contributed by atoms with Crippen LogP contribution in [0.1, 0.15) is 50.7 Å². The molecule has 0 spiro atoms. The molecule has 3 nitrogen and oxygen atoms in total. The molecule has 1 saturated carbocycles. The highest BCUT2D eigenvalue weighted by molar-refractivity contribution is 5.12. The van der Waals surface area contributed by atoms with E-state index in [0.717, 1.165) is 30.8 Å². The van der Waals surface area contributed by atoms with Crippen molar-refractivity contribution in [2.75, 3.05) is 6.61 Å². The van der Waals surface area contributed by atoms with Gasteiger partial charge in [-0.25, -0.2) is 0 Å². The van der Waals surface area contributed by atoms with E-state index in [-0.39, 0.29) is 18.2 Å². The predicted octanol–water partition coefficient (Wildman–Crippen LogP) is 2.41. The van der Waals surface area contributed by atoms with E-state index in [1.54, 1.807) is 0 Å². The van der Waals surface area contributed by atoms with Crippen molar-refractivity contribution in [3.8, 4) is 0 Å². The third-order valence-electron chi connectivity index (χ3n) is 3.59. The van der Waals surface area contributed by atoms with Crippen LogP contribution in [0.25, 0.3) is 0 Å². The van der Waals surface area contributed by atoms with Crippen LogP contribution in [0.15, 0.2) is 16.5 Å². The Balaban J connectivity index is 1.99. The summed E-state index contributed by atoms with van der Waals surface area (Å²) in [7, 11) is 0. The third-order valence-corrected chi connectivity index (χ3v) is 3.59. The van der Waals surface area contributed by atoms with E-state index in [0.29, 0.717) is 0 Å². The molecule has 1 atom stereocenters. The van der Waals surface area contributed by atoms with Gasteiger partial charge in [0.25, 0.3) is 0 Å². The average Bonchev–Trinajstić information content (AvgIpc) is 2.71. The van der Waals surface area contributed by atoms with Crippen LogP contribution in [0.2, 0.25) is 0 Å². The van der Waals surface area contributed by atoms with Crippen molar-refractivity contribution in [3.05, 3.63) is 23.7 Å². The summed E-state index contributed by atoms with van der Waals surface area (Å²) in [5.41, 5.74) is -0.0570. The maximum atomic E-state index is 9.39. The van der Waals surface area contributed by atoms with E-state index in [1.165, 1.54) is 6.42 Å². The molecule has 0 saturated heterocycles. The monoisotopic (exact) mass is 223 g/mol. The quantitative estimate of drug-likeness (QED) is 0.805. The van der Waals surface area contributed by atoms with Crippen LogP contribution in [-0.4, -0.2) is 17.3 Å². The maximum absolute atomic E-state index is 9.39. The fourth-order valence-electron chi connectivity index (χ4n) is 2.30. The van der Waals surface area contributed by atoms with Crippen molar-refractivity contribution in [2.45, 2.75) is 51.1 Å². The molecular weight excluding hydrogens is 202 g/mol. The summed E-state index contributed by atoms with van der Waals surface area (Å²) in [5.74, 6) is 1.99. The van der Waals surface area contributed by atoms with Gasteiger partial charge in [-0.1, -0.05) is 6.92 Å². The van der Waals surface area contributed by atoms with Crippen LogP contribution < -0.4 is 5.32 Å². The van der Waals surface area contributed by atoms with Crippen LogP contribution in [0.3, 0.4) is 0 Å². The molecule has 0 aliphatic heterocycles. The lowest BCUT2D eigenvalue weighted by atomic mass is 9.77. The molecule has 1 fully saturated rings. The summed E-state index contributed by atoms with van der Waals surface area (Å²) in [5, 5.41) is 12.9. The Morgan fingerprint density at radius 3 is 2.69 bits per heavy atom. The first-order valence-electron chi connectivity index (χ1n) is 6.16. The highest BCUT2D eigenvalue weighted by Crippen LogP contribution is 2.34. The standard InChI is InChI=1S/C13H21NO2/c1-3-11-5-6-12(16-11)10(2)14-13(9-15)7-4-8-13/h5-6,10,14-15H,3-4,7-9H2,1-2H3. The van der Waals surface area contributed by atoms with E-state index in [2.05, 4.69) is 19.2 Å². The molecule has 1 aromatic heterocycles. The SMILES string of the molecule is CCc1ccc(C(C)NC2(CO)CCC2)o1. The molecule has 16 heavy (non-hydrogen) atoms. The van der Waals surface area contributed by atoms with Crippen LogP contribution in [0.4, 0.5) is 0 Å². The van der Waals surface area contributed by atoms with Crippen molar-refractivity contribution in [1.82, 2.24) is 5.32 Å². The summed E-state index contributed by atoms with van der Waals surface area (Å²) < 4.78 is 5.71. The summed E-state index contributed by atoms with van der Waals surface area (Å²) in [4.78, 5) is 0. The number of aliphatic hydroxyl groups is 1. The van der Waals surface area contributed by atoms with Gasteiger partial charge in [0.2, 0.25) is 0 Å². The molecule has 1 unspecified atom stereocenters. The first-order chi connectivity index (χ1) is 7.69. The van der Waals surface area contributed by atoms with E-state index in [9.17, 15) is 5.11 Å². The van der Waals surface area contributed by atoms with Crippen molar-refractivity contribution in [3.63, 3.8) is 0 Å². The second-order valence-corrected chi connectivity index (χ2v) is 4.82. The van der Waals surface area contributed by atoms with Crippen LogP contribution in [-0.2, 0) is 6.42 Å². The van der Waals surface area contributed by atoms with E-state index in [1.807, 2.05) is 12.1 Å².